The van der Waals surface area contributed by atoms with E-state index in [0.717, 1.165) is 31.5 Å². The van der Waals surface area contributed by atoms with Gasteiger partial charge in [-0.3, -0.25) is 0 Å². The summed E-state index contributed by atoms with van der Waals surface area (Å²) >= 11 is 0. The fraction of sp³-hybridized carbons (Fsp3) is 0.600. The van der Waals surface area contributed by atoms with Crippen LogP contribution in [0.4, 0.5) is 4.39 Å². The van der Waals surface area contributed by atoms with E-state index in [-0.39, 0.29) is 17.8 Å². The zero-order valence-corrected chi connectivity index (χ0v) is 11.1. The van der Waals surface area contributed by atoms with Crippen molar-refractivity contribution in [3.05, 3.63) is 35.6 Å². The highest BCUT2D eigenvalue weighted by atomic mass is 19.1. The number of aliphatic hydroxyl groups is 1. The summed E-state index contributed by atoms with van der Waals surface area (Å²) in [7, 11) is 0. The van der Waals surface area contributed by atoms with Gasteiger partial charge in [0, 0.05) is 25.0 Å². The van der Waals surface area contributed by atoms with Crippen molar-refractivity contribution in [1.82, 2.24) is 4.90 Å². The first-order valence-corrected chi connectivity index (χ1v) is 6.73. The van der Waals surface area contributed by atoms with Crippen LogP contribution in [0.2, 0.25) is 0 Å². The number of likely N-dealkylation sites (tertiary alicyclic amines) is 1. The molecule has 1 aromatic rings. The summed E-state index contributed by atoms with van der Waals surface area (Å²) in [5.41, 5.74) is 1.10. The van der Waals surface area contributed by atoms with Crippen molar-refractivity contribution in [2.24, 2.45) is 5.92 Å². The van der Waals surface area contributed by atoms with E-state index < -0.39 is 0 Å². The van der Waals surface area contributed by atoms with Crippen LogP contribution in [0.3, 0.4) is 0 Å². The van der Waals surface area contributed by atoms with E-state index in [9.17, 15) is 9.50 Å². The van der Waals surface area contributed by atoms with Crippen molar-refractivity contribution in [3.8, 4) is 0 Å². The van der Waals surface area contributed by atoms with E-state index in [2.05, 4.69) is 18.7 Å². The van der Waals surface area contributed by atoms with E-state index in [1.165, 1.54) is 12.1 Å². The molecule has 1 heterocycles. The number of aliphatic hydroxyl groups excluding tert-OH is 1. The van der Waals surface area contributed by atoms with Gasteiger partial charge < -0.3 is 10.0 Å². The van der Waals surface area contributed by atoms with Crippen molar-refractivity contribution in [1.29, 1.82) is 0 Å². The van der Waals surface area contributed by atoms with Crippen LogP contribution in [-0.4, -0.2) is 35.2 Å². The van der Waals surface area contributed by atoms with Crippen LogP contribution in [0.5, 0.6) is 0 Å². The van der Waals surface area contributed by atoms with E-state index in [0.29, 0.717) is 6.04 Å². The number of benzene rings is 1. The maximum Gasteiger partial charge on any atom is 0.123 e. The van der Waals surface area contributed by atoms with Gasteiger partial charge in [0.25, 0.3) is 0 Å². The molecular weight excluding hydrogens is 229 g/mol. The average molecular weight is 251 g/mol. The van der Waals surface area contributed by atoms with E-state index in [1.54, 1.807) is 0 Å². The van der Waals surface area contributed by atoms with Gasteiger partial charge in [0.15, 0.2) is 0 Å². The molecule has 1 N–H and O–H groups in total. The number of hydrogen-bond acceptors (Lipinski definition) is 2. The highest BCUT2D eigenvalue weighted by Gasteiger charge is 2.28. The van der Waals surface area contributed by atoms with E-state index >= 15 is 0 Å². The van der Waals surface area contributed by atoms with Crippen LogP contribution in [0, 0.1) is 11.7 Å². The van der Waals surface area contributed by atoms with Crippen molar-refractivity contribution in [2.75, 3.05) is 13.1 Å². The number of hydrogen-bond donors (Lipinski definition) is 1. The Hall–Kier alpha value is -0.930. The highest BCUT2D eigenvalue weighted by molar-refractivity contribution is 5.17. The lowest BCUT2D eigenvalue weighted by molar-refractivity contribution is 0.0156. The van der Waals surface area contributed by atoms with Crippen LogP contribution < -0.4 is 0 Å². The minimum Gasteiger partial charge on any atom is -0.393 e. The molecule has 0 amide bonds. The first-order chi connectivity index (χ1) is 8.56. The number of rotatable bonds is 3. The molecular formula is C15H22FNO. The number of halogens is 1. The van der Waals surface area contributed by atoms with E-state index in [4.69, 9.17) is 0 Å². The van der Waals surface area contributed by atoms with Crippen molar-refractivity contribution in [2.45, 2.75) is 38.8 Å². The number of piperidine rings is 1. The molecule has 1 aliphatic rings. The lowest BCUT2D eigenvalue weighted by Gasteiger charge is -2.38. The quantitative estimate of drug-likeness (QED) is 0.892. The van der Waals surface area contributed by atoms with E-state index in [1.807, 2.05) is 12.1 Å². The van der Waals surface area contributed by atoms with Gasteiger partial charge in [-0.05, 0) is 44.4 Å². The van der Waals surface area contributed by atoms with Crippen molar-refractivity contribution < 1.29 is 9.50 Å². The Balaban J connectivity index is 2.00. The van der Waals surface area contributed by atoms with Gasteiger partial charge in [-0.1, -0.05) is 12.1 Å². The molecule has 1 aliphatic heterocycles. The lowest BCUT2D eigenvalue weighted by Crippen LogP contribution is -2.46. The molecule has 2 atom stereocenters. The maximum absolute atomic E-state index is 12.9. The fourth-order valence-electron chi connectivity index (χ4n) is 2.64. The summed E-state index contributed by atoms with van der Waals surface area (Å²) in [4.78, 5) is 2.40. The molecule has 3 heteroatoms. The minimum atomic E-state index is -0.231. The molecule has 0 radical (unpaired) electrons. The molecule has 1 saturated heterocycles. The summed E-state index contributed by atoms with van der Waals surface area (Å²) in [6.07, 6.45) is 1.43. The molecule has 2 nitrogen and oxygen atoms in total. The summed E-state index contributed by atoms with van der Waals surface area (Å²) in [6.45, 7) is 6.27. The van der Waals surface area contributed by atoms with Crippen LogP contribution in [0.1, 0.15) is 25.8 Å². The second-order valence-corrected chi connectivity index (χ2v) is 5.54. The summed E-state index contributed by atoms with van der Waals surface area (Å²) in [6, 6.07) is 7.13. The lowest BCUT2D eigenvalue weighted by atomic mass is 9.88. The van der Waals surface area contributed by atoms with Crippen molar-refractivity contribution >= 4 is 0 Å². The predicted molar refractivity (Wildman–Crippen MR) is 70.9 cm³/mol. The summed E-state index contributed by atoms with van der Waals surface area (Å²) in [5, 5.41) is 10.1. The molecule has 1 fully saturated rings. The van der Waals surface area contributed by atoms with Gasteiger partial charge in [0.05, 0.1) is 6.10 Å². The molecule has 0 spiro atoms. The molecule has 0 unspecified atom stereocenters. The topological polar surface area (TPSA) is 23.5 Å². The Bertz CT molecular complexity index is 377. The van der Waals surface area contributed by atoms with Crippen molar-refractivity contribution in [3.63, 3.8) is 0 Å². The van der Waals surface area contributed by atoms with Crippen LogP contribution in [0.15, 0.2) is 24.3 Å². The third-order valence-electron chi connectivity index (χ3n) is 3.87. The minimum absolute atomic E-state index is 0.202. The Labute approximate surface area is 108 Å². The highest BCUT2D eigenvalue weighted by Crippen LogP contribution is 2.23. The molecule has 0 aliphatic carbocycles. The zero-order valence-electron chi connectivity index (χ0n) is 11.1. The smallest absolute Gasteiger partial charge is 0.123 e. The normalized spacial score (nSPS) is 25.6. The standard InChI is InChI=1S/C15H22FNO/c1-11(2)17-8-7-15(18)13(10-17)9-12-3-5-14(16)6-4-12/h3-6,11,13,15,18H,7-10H2,1-2H3/t13-,15+/m1/s1. The molecule has 100 valence electrons. The Morgan fingerprint density at radius 1 is 1.33 bits per heavy atom. The molecule has 2 rings (SSSR count). The largest absolute Gasteiger partial charge is 0.393 e. The summed E-state index contributed by atoms with van der Waals surface area (Å²) in [5.74, 6) is 0.0540. The van der Waals surface area contributed by atoms with Gasteiger partial charge in [0.1, 0.15) is 5.82 Å². The number of nitrogens with zero attached hydrogens (tertiary/aromatic N) is 1. The SMILES string of the molecule is CC(C)N1CC[C@H](O)[C@H](Cc2ccc(F)cc2)C1. The van der Waals surface area contributed by atoms with Gasteiger partial charge in [-0.15, -0.1) is 0 Å². The Morgan fingerprint density at radius 3 is 2.61 bits per heavy atom. The summed E-state index contributed by atoms with van der Waals surface area (Å²) < 4.78 is 12.9. The molecule has 0 bridgehead atoms. The third-order valence-corrected chi connectivity index (χ3v) is 3.87. The first kappa shape index (κ1) is 13.5. The van der Waals surface area contributed by atoms with Crippen LogP contribution >= 0.6 is 0 Å². The monoisotopic (exact) mass is 251 g/mol. The van der Waals surface area contributed by atoms with Crippen LogP contribution in [0.25, 0.3) is 0 Å². The predicted octanol–water partition coefficient (Wildman–Crippen LogP) is 2.46. The molecule has 18 heavy (non-hydrogen) atoms. The van der Waals surface area contributed by atoms with Gasteiger partial charge in [-0.2, -0.15) is 0 Å². The first-order valence-electron chi connectivity index (χ1n) is 6.73. The zero-order chi connectivity index (χ0) is 13.1. The fourth-order valence-corrected chi connectivity index (χ4v) is 2.64. The van der Waals surface area contributed by atoms with Crippen LogP contribution in [-0.2, 0) is 6.42 Å². The Kier molecular flexibility index (Phi) is 4.36. The maximum atomic E-state index is 12.9. The second-order valence-electron chi connectivity index (χ2n) is 5.54. The second kappa shape index (κ2) is 5.81. The molecule has 0 aromatic heterocycles. The average Bonchev–Trinajstić information content (AvgIpc) is 2.34. The van der Waals surface area contributed by atoms with Gasteiger partial charge >= 0.3 is 0 Å². The molecule has 0 saturated carbocycles. The van der Waals surface area contributed by atoms with Gasteiger partial charge in [-0.25, -0.2) is 4.39 Å². The molecule has 1 aromatic carbocycles. The van der Waals surface area contributed by atoms with Gasteiger partial charge in [0.2, 0.25) is 0 Å². The third kappa shape index (κ3) is 3.30. The Morgan fingerprint density at radius 2 is 2.00 bits per heavy atom.